The maximum absolute atomic E-state index is 8.64. The minimum Gasteiger partial charge on any atom is -0.409 e. The highest BCUT2D eigenvalue weighted by Gasteiger charge is 2.26. The summed E-state index contributed by atoms with van der Waals surface area (Å²) in [5.74, 6) is 2.28. The Bertz CT molecular complexity index is 422. The fraction of sp³-hybridized carbons (Fsp3) is 0.500. The number of amidine groups is 1. The Morgan fingerprint density at radius 3 is 2.65 bits per heavy atom. The van der Waals surface area contributed by atoms with E-state index in [1.807, 2.05) is 12.1 Å². The lowest BCUT2D eigenvalue weighted by Crippen LogP contribution is -2.23. The van der Waals surface area contributed by atoms with E-state index in [0.29, 0.717) is 17.5 Å². The smallest absolute Gasteiger partial charge is 0.188 e. The van der Waals surface area contributed by atoms with Crippen molar-refractivity contribution in [1.82, 2.24) is 4.98 Å². The second kappa shape index (κ2) is 4.61. The van der Waals surface area contributed by atoms with Crippen molar-refractivity contribution in [3.63, 3.8) is 0 Å². The number of anilines is 1. The van der Waals surface area contributed by atoms with Gasteiger partial charge in [0, 0.05) is 13.1 Å². The molecule has 0 bridgehead atoms. The maximum Gasteiger partial charge on any atom is 0.188 e. The van der Waals surface area contributed by atoms with Gasteiger partial charge in [0.15, 0.2) is 5.84 Å². The summed E-state index contributed by atoms with van der Waals surface area (Å²) in [6.07, 6.45) is 0. The summed E-state index contributed by atoms with van der Waals surface area (Å²) in [5, 5.41) is 11.6. The Labute approximate surface area is 101 Å². The molecule has 0 amide bonds. The zero-order chi connectivity index (χ0) is 12.4. The molecule has 0 aliphatic carbocycles. The van der Waals surface area contributed by atoms with Gasteiger partial charge in [-0.15, -0.1) is 0 Å². The number of oxime groups is 1. The first kappa shape index (κ1) is 11.7. The van der Waals surface area contributed by atoms with Crippen LogP contribution in [-0.2, 0) is 0 Å². The predicted molar refractivity (Wildman–Crippen MR) is 67.3 cm³/mol. The fourth-order valence-corrected chi connectivity index (χ4v) is 2.11. The average Bonchev–Trinajstić information content (AvgIpc) is 2.69. The summed E-state index contributed by atoms with van der Waals surface area (Å²) in [7, 11) is 0. The zero-order valence-electron chi connectivity index (χ0n) is 10.2. The minimum atomic E-state index is 0.0483. The molecule has 2 rings (SSSR count). The topological polar surface area (TPSA) is 74.7 Å². The second-order valence-electron chi connectivity index (χ2n) is 4.73. The van der Waals surface area contributed by atoms with Crippen LogP contribution in [0.3, 0.4) is 0 Å². The van der Waals surface area contributed by atoms with E-state index >= 15 is 0 Å². The second-order valence-corrected chi connectivity index (χ2v) is 4.73. The Morgan fingerprint density at radius 1 is 1.41 bits per heavy atom. The third-order valence-electron chi connectivity index (χ3n) is 3.42. The molecule has 17 heavy (non-hydrogen) atoms. The van der Waals surface area contributed by atoms with Crippen LogP contribution in [0, 0.1) is 11.8 Å². The lowest BCUT2D eigenvalue weighted by atomic mass is 10.0. The molecule has 0 saturated carbocycles. The van der Waals surface area contributed by atoms with Gasteiger partial charge in [0.05, 0.1) is 0 Å². The molecule has 1 saturated heterocycles. The van der Waals surface area contributed by atoms with E-state index in [0.717, 1.165) is 18.9 Å². The molecule has 1 aromatic heterocycles. The molecule has 92 valence electrons. The van der Waals surface area contributed by atoms with Gasteiger partial charge < -0.3 is 15.8 Å². The average molecular weight is 234 g/mol. The van der Waals surface area contributed by atoms with Crippen LogP contribution in [0.25, 0.3) is 0 Å². The molecule has 2 atom stereocenters. The van der Waals surface area contributed by atoms with Crippen molar-refractivity contribution < 1.29 is 5.21 Å². The highest BCUT2D eigenvalue weighted by Crippen LogP contribution is 2.26. The molecule has 5 nitrogen and oxygen atoms in total. The molecule has 2 unspecified atom stereocenters. The SMILES string of the molecule is CC1CN(c2cccc(C(N)=NO)n2)CC1C. The zero-order valence-corrected chi connectivity index (χ0v) is 10.2. The Morgan fingerprint density at radius 2 is 2.06 bits per heavy atom. The lowest BCUT2D eigenvalue weighted by Gasteiger charge is -2.17. The highest BCUT2D eigenvalue weighted by molar-refractivity contribution is 5.95. The van der Waals surface area contributed by atoms with Crippen LogP contribution in [0.4, 0.5) is 5.82 Å². The summed E-state index contributed by atoms with van der Waals surface area (Å²) in [4.78, 5) is 6.64. The minimum absolute atomic E-state index is 0.0483. The highest BCUT2D eigenvalue weighted by atomic mass is 16.4. The molecule has 1 fully saturated rings. The van der Waals surface area contributed by atoms with Crippen molar-refractivity contribution in [2.75, 3.05) is 18.0 Å². The van der Waals surface area contributed by atoms with E-state index in [1.165, 1.54) is 0 Å². The summed E-state index contributed by atoms with van der Waals surface area (Å²) >= 11 is 0. The molecule has 0 radical (unpaired) electrons. The molecule has 1 aromatic rings. The Hall–Kier alpha value is -1.78. The van der Waals surface area contributed by atoms with Crippen LogP contribution in [0.15, 0.2) is 23.4 Å². The summed E-state index contributed by atoms with van der Waals surface area (Å²) in [6, 6.07) is 5.57. The summed E-state index contributed by atoms with van der Waals surface area (Å²) < 4.78 is 0. The molecule has 3 N–H and O–H groups in total. The first-order valence-corrected chi connectivity index (χ1v) is 5.81. The van der Waals surface area contributed by atoms with Gasteiger partial charge in [-0.05, 0) is 24.0 Å². The molecule has 1 aliphatic rings. The quantitative estimate of drug-likeness (QED) is 0.350. The van der Waals surface area contributed by atoms with Gasteiger partial charge in [0.1, 0.15) is 11.5 Å². The van der Waals surface area contributed by atoms with Gasteiger partial charge in [-0.1, -0.05) is 25.1 Å². The number of pyridine rings is 1. The number of aromatic nitrogens is 1. The largest absolute Gasteiger partial charge is 0.409 e. The normalized spacial score (nSPS) is 25.3. The van der Waals surface area contributed by atoms with Gasteiger partial charge in [-0.25, -0.2) is 4.98 Å². The van der Waals surface area contributed by atoms with Crippen molar-refractivity contribution in [3.8, 4) is 0 Å². The van der Waals surface area contributed by atoms with Crippen molar-refractivity contribution in [2.24, 2.45) is 22.7 Å². The van der Waals surface area contributed by atoms with Crippen molar-refractivity contribution in [1.29, 1.82) is 0 Å². The monoisotopic (exact) mass is 234 g/mol. The number of hydrogen-bond acceptors (Lipinski definition) is 4. The molecule has 0 spiro atoms. The van der Waals surface area contributed by atoms with E-state index in [2.05, 4.69) is 28.9 Å². The summed E-state index contributed by atoms with van der Waals surface area (Å²) in [6.45, 7) is 6.51. The van der Waals surface area contributed by atoms with E-state index < -0.39 is 0 Å². The third kappa shape index (κ3) is 2.33. The van der Waals surface area contributed by atoms with Crippen LogP contribution in [0.5, 0.6) is 0 Å². The predicted octanol–water partition coefficient (Wildman–Crippen LogP) is 1.27. The van der Waals surface area contributed by atoms with Gasteiger partial charge in [0.25, 0.3) is 0 Å². The van der Waals surface area contributed by atoms with Crippen molar-refractivity contribution >= 4 is 11.7 Å². The van der Waals surface area contributed by atoms with E-state index in [1.54, 1.807) is 6.07 Å². The van der Waals surface area contributed by atoms with E-state index in [-0.39, 0.29) is 5.84 Å². The standard InChI is InChI=1S/C12H18N4O/c1-8-6-16(7-9(8)2)11-5-3-4-10(14-11)12(13)15-17/h3-5,8-9,17H,6-7H2,1-2H3,(H2,13,15). The van der Waals surface area contributed by atoms with Crippen molar-refractivity contribution in [2.45, 2.75) is 13.8 Å². The van der Waals surface area contributed by atoms with Gasteiger partial charge in [0.2, 0.25) is 0 Å². The van der Waals surface area contributed by atoms with Crippen LogP contribution >= 0.6 is 0 Å². The molecular formula is C12H18N4O. The molecule has 1 aliphatic heterocycles. The first-order valence-electron chi connectivity index (χ1n) is 5.81. The number of hydrogen-bond donors (Lipinski definition) is 2. The third-order valence-corrected chi connectivity index (χ3v) is 3.42. The number of rotatable bonds is 2. The summed E-state index contributed by atoms with van der Waals surface area (Å²) in [5.41, 5.74) is 6.05. The van der Waals surface area contributed by atoms with E-state index in [4.69, 9.17) is 10.9 Å². The van der Waals surface area contributed by atoms with Crippen LogP contribution in [-0.4, -0.2) is 29.1 Å². The number of nitrogens with two attached hydrogens (primary N) is 1. The van der Waals surface area contributed by atoms with Crippen LogP contribution < -0.4 is 10.6 Å². The lowest BCUT2D eigenvalue weighted by molar-refractivity contribution is 0.318. The van der Waals surface area contributed by atoms with Crippen molar-refractivity contribution in [3.05, 3.63) is 23.9 Å². The van der Waals surface area contributed by atoms with Crippen LogP contribution in [0.1, 0.15) is 19.5 Å². The molecule has 2 heterocycles. The fourth-order valence-electron chi connectivity index (χ4n) is 2.11. The van der Waals surface area contributed by atoms with Gasteiger partial charge in [-0.3, -0.25) is 0 Å². The van der Waals surface area contributed by atoms with E-state index in [9.17, 15) is 0 Å². The molecular weight excluding hydrogens is 216 g/mol. The first-order chi connectivity index (χ1) is 8.11. The molecule has 0 aromatic carbocycles. The Balaban J connectivity index is 2.23. The van der Waals surface area contributed by atoms with Gasteiger partial charge >= 0.3 is 0 Å². The van der Waals surface area contributed by atoms with Crippen LogP contribution in [0.2, 0.25) is 0 Å². The Kier molecular flexibility index (Phi) is 3.17. The molecule has 5 heteroatoms. The maximum atomic E-state index is 8.64. The number of nitrogens with zero attached hydrogens (tertiary/aromatic N) is 3. The van der Waals surface area contributed by atoms with Gasteiger partial charge in [-0.2, -0.15) is 0 Å².